The van der Waals surface area contributed by atoms with E-state index in [4.69, 9.17) is 0 Å². The van der Waals surface area contributed by atoms with Crippen LogP contribution in [0.15, 0.2) is 33.7 Å². The molecule has 0 amide bonds. The lowest BCUT2D eigenvalue weighted by Gasteiger charge is -2.21. The van der Waals surface area contributed by atoms with Crippen LogP contribution in [0.2, 0.25) is 0 Å². The van der Waals surface area contributed by atoms with E-state index >= 15 is 0 Å². The number of benzene rings is 1. The first-order chi connectivity index (χ1) is 10.3. The van der Waals surface area contributed by atoms with Crippen molar-refractivity contribution in [2.24, 2.45) is 4.99 Å². The van der Waals surface area contributed by atoms with Crippen molar-refractivity contribution in [2.75, 3.05) is 24.5 Å². The molecule has 1 unspecified atom stereocenters. The summed E-state index contributed by atoms with van der Waals surface area (Å²) in [6.45, 7) is 5.02. The first-order valence-electron chi connectivity index (χ1n) is 7.83. The number of aliphatic imine (C=N–C) groups is 1. The van der Waals surface area contributed by atoms with E-state index in [-0.39, 0.29) is 24.0 Å². The second-order valence-corrected chi connectivity index (χ2v) is 6.62. The maximum Gasteiger partial charge on any atom is 0.191 e. The van der Waals surface area contributed by atoms with Crippen LogP contribution < -0.4 is 15.5 Å². The normalized spacial score (nSPS) is 21.5. The van der Waals surface area contributed by atoms with Gasteiger partial charge in [0.15, 0.2) is 5.96 Å². The van der Waals surface area contributed by atoms with Crippen LogP contribution in [0, 0.1) is 0 Å². The average Bonchev–Trinajstić information content (AvgIpc) is 3.16. The fraction of sp³-hybridized carbons (Fsp3) is 0.562. The maximum absolute atomic E-state index is 4.55. The molecule has 1 aliphatic carbocycles. The van der Waals surface area contributed by atoms with Crippen molar-refractivity contribution in [3.05, 3.63) is 28.7 Å². The van der Waals surface area contributed by atoms with Crippen LogP contribution in [0.4, 0.5) is 5.69 Å². The van der Waals surface area contributed by atoms with Crippen LogP contribution in [0.1, 0.15) is 26.2 Å². The van der Waals surface area contributed by atoms with E-state index in [0.29, 0.717) is 12.1 Å². The topological polar surface area (TPSA) is 39.7 Å². The summed E-state index contributed by atoms with van der Waals surface area (Å²) in [5.74, 6) is 0.985. The fourth-order valence-electron chi connectivity index (χ4n) is 2.71. The first kappa shape index (κ1) is 17.8. The largest absolute Gasteiger partial charge is 0.368 e. The van der Waals surface area contributed by atoms with Gasteiger partial charge in [0.25, 0.3) is 0 Å². The number of para-hydroxylation sites is 1. The predicted octanol–water partition coefficient (Wildman–Crippen LogP) is 3.36. The van der Waals surface area contributed by atoms with Crippen molar-refractivity contribution in [3.8, 4) is 0 Å². The molecule has 1 atom stereocenters. The quantitative estimate of drug-likeness (QED) is 0.396. The van der Waals surface area contributed by atoms with E-state index in [1.165, 1.54) is 23.0 Å². The van der Waals surface area contributed by atoms with Gasteiger partial charge in [-0.3, -0.25) is 4.99 Å². The number of anilines is 1. The molecule has 22 heavy (non-hydrogen) atoms. The van der Waals surface area contributed by atoms with E-state index in [2.05, 4.69) is 67.6 Å². The number of hydrogen-bond acceptors (Lipinski definition) is 2. The molecule has 1 saturated heterocycles. The van der Waals surface area contributed by atoms with Gasteiger partial charge in [0.2, 0.25) is 0 Å². The fourth-order valence-corrected chi connectivity index (χ4v) is 3.25. The zero-order valence-corrected chi connectivity index (χ0v) is 16.8. The minimum absolute atomic E-state index is 0. The van der Waals surface area contributed by atoms with E-state index in [0.717, 1.165) is 32.0 Å². The molecule has 1 saturated carbocycles. The average molecular weight is 479 g/mol. The van der Waals surface area contributed by atoms with Gasteiger partial charge in [-0.2, -0.15) is 0 Å². The molecule has 2 fully saturated rings. The molecule has 0 aromatic heterocycles. The van der Waals surface area contributed by atoms with Crippen LogP contribution in [0.3, 0.4) is 0 Å². The van der Waals surface area contributed by atoms with Crippen molar-refractivity contribution in [1.82, 2.24) is 10.6 Å². The Hall–Kier alpha value is -0.500. The van der Waals surface area contributed by atoms with Gasteiger partial charge in [0, 0.05) is 36.2 Å². The Balaban J connectivity index is 0.00000176. The zero-order valence-electron chi connectivity index (χ0n) is 12.9. The molecule has 1 aromatic carbocycles. The monoisotopic (exact) mass is 478 g/mol. The lowest BCUT2D eigenvalue weighted by atomic mass is 10.3. The summed E-state index contributed by atoms with van der Waals surface area (Å²) >= 11 is 3.64. The maximum atomic E-state index is 4.55. The second kappa shape index (κ2) is 8.38. The minimum Gasteiger partial charge on any atom is -0.368 e. The number of halogens is 2. The van der Waals surface area contributed by atoms with Crippen molar-refractivity contribution in [1.29, 1.82) is 0 Å². The Kier molecular flexibility index (Phi) is 6.80. The van der Waals surface area contributed by atoms with E-state index in [1.54, 1.807) is 0 Å². The van der Waals surface area contributed by atoms with Gasteiger partial charge < -0.3 is 15.5 Å². The van der Waals surface area contributed by atoms with Gasteiger partial charge in [-0.05, 0) is 54.2 Å². The molecule has 6 heteroatoms. The van der Waals surface area contributed by atoms with Crippen LogP contribution in [0.25, 0.3) is 0 Å². The third kappa shape index (κ3) is 4.75. The number of hydrogen-bond donors (Lipinski definition) is 2. The molecule has 1 aliphatic heterocycles. The Morgan fingerprint density at radius 2 is 1.95 bits per heavy atom. The molecule has 0 spiro atoms. The van der Waals surface area contributed by atoms with Gasteiger partial charge in [-0.25, -0.2) is 0 Å². The highest BCUT2D eigenvalue weighted by atomic mass is 127. The molecule has 0 radical (unpaired) electrons. The molecule has 2 N–H and O–H groups in total. The van der Waals surface area contributed by atoms with Crippen LogP contribution in [-0.2, 0) is 0 Å². The molecule has 1 aromatic rings. The summed E-state index contributed by atoms with van der Waals surface area (Å²) in [6, 6.07) is 9.55. The van der Waals surface area contributed by atoms with Gasteiger partial charge in [0.1, 0.15) is 0 Å². The van der Waals surface area contributed by atoms with Crippen molar-refractivity contribution in [2.45, 2.75) is 38.3 Å². The summed E-state index contributed by atoms with van der Waals surface area (Å²) in [4.78, 5) is 6.98. The second-order valence-electron chi connectivity index (χ2n) is 5.77. The van der Waals surface area contributed by atoms with Gasteiger partial charge in [-0.1, -0.05) is 12.1 Å². The van der Waals surface area contributed by atoms with E-state index < -0.39 is 0 Å². The zero-order chi connectivity index (χ0) is 14.7. The molecule has 1 heterocycles. The lowest BCUT2D eigenvalue weighted by Crippen LogP contribution is -2.45. The Bertz CT molecular complexity index is 519. The number of rotatable bonds is 4. The first-order valence-corrected chi connectivity index (χ1v) is 8.62. The smallest absolute Gasteiger partial charge is 0.191 e. The number of guanidine groups is 1. The molecule has 2 aliphatic rings. The molecular weight excluding hydrogens is 455 g/mol. The number of nitrogens with one attached hydrogen (secondary N) is 2. The van der Waals surface area contributed by atoms with Gasteiger partial charge >= 0.3 is 0 Å². The molecule has 0 bridgehead atoms. The summed E-state index contributed by atoms with van der Waals surface area (Å²) in [5.41, 5.74) is 1.28. The van der Waals surface area contributed by atoms with Gasteiger partial charge in [0.05, 0.1) is 5.69 Å². The predicted molar refractivity (Wildman–Crippen MR) is 107 cm³/mol. The van der Waals surface area contributed by atoms with Crippen LogP contribution >= 0.6 is 39.9 Å². The highest BCUT2D eigenvalue weighted by Crippen LogP contribution is 2.28. The van der Waals surface area contributed by atoms with E-state index in [1.807, 2.05) is 0 Å². The third-order valence-corrected chi connectivity index (χ3v) is 4.63. The Labute approximate surface area is 158 Å². The van der Waals surface area contributed by atoms with E-state index in [9.17, 15) is 0 Å². The summed E-state index contributed by atoms with van der Waals surface area (Å²) in [6.07, 6.45) is 3.70. The highest BCUT2D eigenvalue weighted by Gasteiger charge is 2.27. The van der Waals surface area contributed by atoms with Crippen LogP contribution in [0.5, 0.6) is 0 Å². The van der Waals surface area contributed by atoms with Crippen LogP contribution in [-0.4, -0.2) is 37.7 Å². The molecular formula is C16H24BrIN4. The molecule has 122 valence electrons. The Morgan fingerprint density at radius 3 is 2.64 bits per heavy atom. The van der Waals surface area contributed by atoms with Gasteiger partial charge in [-0.15, -0.1) is 24.0 Å². The summed E-state index contributed by atoms with van der Waals surface area (Å²) < 4.78 is 1.17. The van der Waals surface area contributed by atoms with Crippen molar-refractivity contribution >= 4 is 51.6 Å². The highest BCUT2D eigenvalue weighted by molar-refractivity contribution is 14.0. The third-order valence-electron chi connectivity index (χ3n) is 3.96. The standard InChI is InChI=1S/C16H23BrN4.HI/c1-2-18-16(19-12-7-8-12)20-13-9-10-21(11-13)15-6-4-3-5-14(15)17;/h3-6,12-13H,2,7-11H2,1H3,(H2,18,19,20);1H. The Morgan fingerprint density at radius 1 is 1.23 bits per heavy atom. The SMILES string of the molecule is CCN=C(NC1CC1)NC1CCN(c2ccccc2Br)C1.I. The molecule has 3 rings (SSSR count). The summed E-state index contributed by atoms with van der Waals surface area (Å²) in [7, 11) is 0. The van der Waals surface area contributed by atoms with Crippen molar-refractivity contribution in [3.63, 3.8) is 0 Å². The minimum atomic E-state index is 0. The number of nitrogens with zero attached hydrogens (tertiary/aromatic N) is 2. The molecule has 4 nitrogen and oxygen atoms in total. The summed E-state index contributed by atoms with van der Waals surface area (Å²) in [5, 5.41) is 7.09. The lowest BCUT2D eigenvalue weighted by molar-refractivity contribution is 0.646. The van der Waals surface area contributed by atoms with Crippen molar-refractivity contribution < 1.29 is 0 Å².